The number of halogens is 4. The number of aromatic amines is 1. The number of nitrogens with one attached hydrogen (secondary N) is 2. The van der Waals surface area contributed by atoms with E-state index >= 15 is 0 Å². The number of imidazole rings is 1. The molecule has 0 bridgehead atoms. The molecule has 4 rings (SSSR count). The van der Waals surface area contributed by atoms with Gasteiger partial charge >= 0.3 is 6.18 Å². The zero-order valence-electron chi connectivity index (χ0n) is 15.2. The second kappa shape index (κ2) is 7.53. The fourth-order valence-electron chi connectivity index (χ4n) is 3.15. The largest absolute Gasteiger partial charge is 0.475 e. The van der Waals surface area contributed by atoms with Gasteiger partial charge in [-0.15, -0.1) is 11.3 Å². The van der Waals surface area contributed by atoms with Crippen LogP contribution in [0.4, 0.5) is 13.2 Å². The molecule has 2 heterocycles. The van der Waals surface area contributed by atoms with Crippen molar-refractivity contribution >= 4 is 39.9 Å². The molecule has 1 saturated carbocycles. The van der Waals surface area contributed by atoms with Crippen molar-refractivity contribution in [1.29, 1.82) is 0 Å². The molecule has 1 aromatic carbocycles. The quantitative estimate of drug-likeness (QED) is 0.550. The average Bonchev–Trinajstić information content (AvgIpc) is 3.11. The van der Waals surface area contributed by atoms with E-state index in [-0.39, 0.29) is 28.8 Å². The zero-order valence-corrected chi connectivity index (χ0v) is 16.8. The molecular weight excluding hydrogens is 427 g/mol. The summed E-state index contributed by atoms with van der Waals surface area (Å²) in [6.45, 7) is 0.456. The van der Waals surface area contributed by atoms with Gasteiger partial charge in [0, 0.05) is 21.7 Å². The van der Waals surface area contributed by atoms with Gasteiger partial charge in [-0.05, 0) is 43.7 Å². The number of nitrogens with zero attached hydrogens (tertiary/aromatic N) is 1. The molecule has 2 aromatic heterocycles. The van der Waals surface area contributed by atoms with Crippen LogP contribution in [0, 0.1) is 5.92 Å². The van der Waals surface area contributed by atoms with Gasteiger partial charge in [0.2, 0.25) is 5.91 Å². The predicted octanol–water partition coefficient (Wildman–Crippen LogP) is 5.20. The van der Waals surface area contributed by atoms with E-state index in [1.807, 2.05) is 6.07 Å². The molecule has 0 radical (unpaired) electrons. The number of amides is 1. The summed E-state index contributed by atoms with van der Waals surface area (Å²) in [7, 11) is 0. The maximum Gasteiger partial charge on any atom is 0.422 e. The standard InChI is InChI=1S/C19H17ClF3N3O2S/c1-9(15-4-5-16(29-15)28-8-19(21,22)23)24-18(27)12-7-11(12)17-25-13-3-2-10(20)6-14(13)26-17/h2-6,9,11-12H,7-8H2,1H3,(H,24,27)(H,25,26). The molecule has 10 heteroatoms. The van der Waals surface area contributed by atoms with Crippen LogP contribution in [-0.2, 0) is 4.79 Å². The van der Waals surface area contributed by atoms with Crippen molar-refractivity contribution in [2.45, 2.75) is 31.5 Å². The molecule has 1 amide bonds. The van der Waals surface area contributed by atoms with Gasteiger partial charge in [0.05, 0.1) is 17.1 Å². The number of H-pyrrole nitrogens is 1. The molecule has 1 fully saturated rings. The first-order chi connectivity index (χ1) is 13.7. The van der Waals surface area contributed by atoms with Crippen molar-refractivity contribution in [3.05, 3.63) is 46.1 Å². The molecule has 29 heavy (non-hydrogen) atoms. The summed E-state index contributed by atoms with van der Waals surface area (Å²) in [5, 5.41) is 3.69. The Labute approximate surface area is 173 Å². The number of ether oxygens (including phenoxy) is 1. The Morgan fingerprint density at radius 2 is 2.21 bits per heavy atom. The van der Waals surface area contributed by atoms with Crippen molar-refractivity contribution < 1.29 is 22.7 Å². The zero-order chi connectivity index (χ0) is 20.8. The Balaban J connectivity index is 1.34. The van der Waals surface area contributed by atoms with Crippen LogP contribution < -0.4 is 10.1 Å². The van der Waals surface area contributed by atoms with E-state index in [0.717, 1.165) is 33.1 Å². The maximum absolute atomic E-state index is 12.6. The number of carbonyl (C=O) groups is 1. The van der Waals surface area contributed by atoms with Crippen molar-refractivity contribution in [2.24, 2.45) is 5.92 Å². The van der Waals surface area contributed by atoms with Gasteiger partial charge in [0.25, 0.3) is 0 Å². The van der Waals surface area contributed by atoms with Gasteiger partial charge in [-0.1, -0.05) is 11.6 Å². The second-order valence-electron chi connectivity index (χ2n) is 7.02. The second-order valence-corrected chi connectivity index (χ2v) is 8.54. The average molecular weight is 444 g/mol. The van der Waals surface area contributed by atoms with E-state index in [9.17, 15) is 18.0 Å². The molecule has 3 atom stereocenters. The summed E-state index contributed by atoms with van der Waals surface area (Å²) in [5.41, 5.74) is 1.63. The lowest BCUT2D eigenvalue weighted by atomic mass is 10.2. The molecule has 3 aromatic rings. The lowest BCUT2D eigenvalue weighted by molar-refractivity contribution is -0.152. The fourth-order valence-corrected chi connectivity index (χ4v) is 4.17. The summed E-state index contributed by atoms with van der Waals surface area (Å²) in [6, 6.07) is 8.21. The van der Waals surface area contributed by atoms with E-state index in [1.54, 1.807) is 25.1 Å². The topological polar surface area (TPSA) is 67.0 Å². The van der Waals surface area contributed by atoms with Crippen LogP contribution in [0.25, 0.3) is 11.0 Å². The van der Waals surface area contributed by atoms with Crippen LogP contribution in [0.3, 0.4) is 0 Å². The first kappa shape index (κ1) is 20.0. The lowest BCUT2D eigenvalue weighted by Crippen LogP contribution is -2.28. The van der Waals surface area contributed by atoms with Crippen LogP contribution in [0.2, 0.25) is 5.02 Å². The van der Waals surface area contributed by atoms with Crippen molar-refractivity contribution in [3.8, 4) is 5.06 Å². The third kappa shape index (κ3) is 4.67. The fraction of sp³-hybridized carbons (Fsp3) is 0.368. The lowest BCUT2D eigenvalue weighted by Gasteiger charge is -2.12. The van der Waals surface area contributed by atoms with Crippen LogP contribution in [-0.4, -0.2) is 28.7 Å². The minimum Gasteiger partial charge on any atom is -0.475 e. The first-order valence-corrected chi connectivity index (χ1v) is 10.1. The maximum atomic E-state index is 12.6. The monoisotopic (exact) mass is 443 g/mol. The van der Waals surface area contributed by atoms with E-state index in [1.165, 1.54) is 6.07 Å². The highest BCUT2D eigenvalue weighted by atomic mass is 35.5. The SMILES string of the molecule is CC(NC(=O)C1CC1c1nc2cc(Cl)ccc2[nH]1)c1ccc(OCC(F)(F)F)s1. The molecule has 3 unspecified atom stereocenters. The Bertz CT molecular complexity index is 1050. The van der Waals surface area contributed by atoms with Crippen LogP contribution >= 0.6 is 22.9 Å². The van der Waals surface area contributed by atoms with Gasteiger partial charge in [-0.25, -0.2) is 4.98 Å². The molecule has 0 saturated heterocycles. The Morgan fingerprint density at radius 3 is 2.97 bits per heavy atom. The smallest absolute Gasteiger partial charge is 0.422 e. The van der Waals surface area contributed by atoms with Crippen LogP contribution in [0.15, 0.2) is 30.3 Å². The highest BCUT2D eigenvalue weighted by Gasteiger charge is 2.46. The van der Waals surface area contributed by atoms with Gasteiger partial charge in [0.1, 0.15) is 5.82 Å². The number of carbonyl (C=O) groups excluding carboxylic acids is 1. The highest BCUT2D eigenvalue weighted by Crippen LogP contribution is 2.47. The minimum absolute atomic E-state index is 0.0161. The summed E-state index contributed by atoms with van der Waals surface area (Å²) < 4.78 is 41.5. The van der Waals surface area contributed by atoms with Gasteiger partial charge < -0.3 is 15.0 Å². The van der Waals surface area contributed by atoms with Crippen LogP contribution in [0.5, 0.6) is 5.06 Å². The Morgan fingerprint density at radius 1 is 1.41 bits per heavy atom. The third-order valence-corrected chi connectivity index (χ3v) is 6.12. The molecule has 2 N–H and O–H groups in total. The summed E-state index contributed by atoms with van der Waals surface area (Å²) in [6.07, 6.45) is -3.69. The molecule has 5 nitrogen and oxygen atoms in total. The number of alkyl halides is 3. The Hall–Kier alpha value is -2.26. The number of fused-ring (bicyclic) bond motifs is 1. The molecule has 0 aliphatic heterocycles. The van der Waals surface area contributed by atoms with Gasteiger partial charge in [-0.3, -0.25) is 4.79 Å². The number of benzene rings is 1. The number of rotatable bonds is 6. The van der Waals surface area contributed by atoms with E-state index < -0.39 is 12.8 Å². The van der Waals surface area contributed by atoms with Crippen LogP contribution in [0.1, 0.15) is 36.0 Å². The first-order valence-electron chi connectivity index (χ1n) is 8.94. The van der Waals surface area contributed by atoms with E-state index in [2.05, 4.69) is 15.3 Å². The number of thiophene rings is 1. The van der Waals surface area contributed by atoms with Crippen molar-refractivity contribution in [1.82, 2.24) is 15.3 Å². The van der Waals surface area contributed by atoms with Gasteiger partial charge in [0.15, 0.2) is 11.7 Å². The third-order valence-electron chi connectivity index (χ3n) is 4.71. The van der Waals surface area contributed by atoms with E-state index in [4.69, 9.17) is 16.3 Å². The Kier molecular flexibility index (Phi) is 5.20. The summed E-state index contributed by atoms with van der Waals surface area (Å²) in [5.74, 6) is 0.484. The summed E-state index contributed by atoms with van der Waals surface area (Å²) in [4.78, 5) is 21.0. The molecule has 0 spiro atoms. The molecule has 1 aliphatic carbocycles. The number of aromatic nitrogens is 2. The van der Waals surface area contributed by atoms with Gasteiger partial charge in [-0.2, -0.15) is 13.2 Å². The molecule has 1 aliphatic rings. The van der Waals surface area contributed by atoms with Crippen molar-refractivity contribution in [3.63, 3.8) is 0 Å². The molecule has 154 valence electrons. The molecular formula is C19H17ClF3N3O2S. The summed E-state index contributed by atoms with van der Waals surface area (Å²) >= 11 is 7.07. The minimum atomic E-state index is -4.38. The van der Waals surface area contributed by atoms with E-state index in [0.29, 0.717) is 11.4 Å². The normalized spacial score (nSPS) is 19.9. The highest BCUT2D eigenvalue weighted by molar-refractivity contribution is 7.13. The number of hydrogen-bond donors (Lipinski definition) is 2. The predicted molar refractivity (Wildman–Crippen MR) is 104 cm³/mol. The van der Waals surface area contributed by atoms with Crippen molar-refractivity contribution in [2.75, 3.05) is 6.61 Å². The number of hydrogen-bond acceptors (Lipinski definition) is 4.